The minimum atomic E-state index is -0.556. The molecule has 0 saturated carbocycles. The van der Waals surface area contributed by atoms with E-state index in [9.17, 15) is 10.1 Å². The van der Waals surface area contributed by atoms with E-state index in [2.05, 4.69) is 4.98 Å². The van der Waals surface area contributed by atoms with E-state index in [4.69, 9.17) is 10.2 Å². The first-order valence-corrected chi connectivity index (χ1v) is 5.52. The highest BCUT2D eigenvalue weighted by molar-refractivity contribution is 7.99. The van der Waals surface area contributed by atoms with Crippen LogP contribution in [0.2, 0.25) is 0 Å². The summed E-state index contributed by atoms with van der Waals surface area (Å²) in [4.78, 5) is 14.9. The van der Waals surface area contributed by atoms with E-state index >= 15 is 0 Å². The van der Waals surface area contributed by atoms with Gasteiger partial charge in [0.2, 0.25) is 5.82 Å². The van der Waals surface area contributed by atoms with Crippen LogP contribution in [-0.2, 0) is 0 Å². The molecular weight excluding hydrogens is 242 g/mol. The molecule has 0 spiro atoms. The third-order valence-corrected chi connectivity index (χ3v) is 3.18. The summed E-state index contributed by atoms with van der Waals surface area (Å²) in [5, 5.41) is 11.2. The summed E-state index contributed by atoms with van der Waals surface area (Å²) in [5.74, 6) is 0.690. The van der Waals surface area contributed by atoms with E-state index in [0.717, 1.165) is 10.7 Å². The second-order valence-electron chi connectivity index (χ2n) is 3.25. The molecule has 2 aromatic heterocycles. The van der Waals surface area contributed by atoms with Gasteiger partial charge in [-0.2, -0.15) is 0 Å². The monoisotopic (exact) mass is 251 g/mol. The third-order valence-electron chi connectivity index (χ3n) is 2.10. The number of furan rings is 1. The van der Waals surface area contributed by atoms with E-state index in [1.54, 1.807) is 18.4 Å². The fourth-order valence-corrected chi connectivity index (χ4v) is 2.07. The Labute approximate surface area is 101 Å². The number of nitrogens with two attached hydrogens (primary N) is 1. The Kier molecular flexibility index (Phi) is 3.01. The maximum atomic E-state index is 10.6. The number of hydrogen-bond acceptors (Lipinski definition) is 6. The third kappa shape index (κ3) is 2.39. The van der Waals surface area contributed by atoms with Gasteiger partial charge in [0.1, 0.15) is 10.8 Å². The second kappa shape index (κ2) is 4.46. The largest absolute Gasteiger partial charge is 0.468 e. The van der Waals surface area contributed by atoms with Crippen LogP contribution in [0.15, 0.2) is 38.8 Å². The lowest BCUT2D eigenvalue weighted by molar-refractivity contribution is -0.384. The first kappa shape index (κ1) is 11.5. The molecule has 6 nitrogen and oxygen atoms in total. The maximum absolute atomic E-state index is 10.6. The molecular formula is C10H9N3O3S. The van der Waals surface area contributed by atoms with Crippen molar-refractivity contribution in [1.29, 1.82) is 0 Å². The minimum absolute atomic E-state index is 0.0823. The molecule has 0 aromatic carbocycles. The van der Waals surface area contributed by atoms with Crippen molar-refractivity contribution in [3.8, 4) is 0 Å². The molecule has 7 heteroatoms. The molecule has 0 atom stereocenters. The van der Waals surface area contributed by atoms with Crippen molar-refractivity contribution in [2.75, 3.05) is 5.73 Å². The van der Waals surface area contributed by atoms with Gasteiger partial charge in [0.15, 0.2) is 0 Å². The summed E-state index contributed by atoms with van der Waals surface area (Å²) in [6, 6.07) is 4.71. The predicted molar refractivity (Wildman–Crippen MR) is 62.9 cm³/mol. The van der Waals surface area contributed by atoms with E-state index in [-0.39, 0.29) is 11.5 Å². The zero-order valence-electron chi connectivity index (χ0n) is 8.91. The minimum Gasteiger partial charge on any atom is -0.468 e. The van der Waals surface area contributed by atoms with Gasteiger partial charge in [-0.1, -0.05) is 11.8 Å². The van der Waals surface area contributed by atoms with Crippen LogP contribution >= 0.6 is 11.8 Å². The van der Waals surface area contributed by atoms with Gasteiger partial charge >= 0.3 is 5.69 Å². The van der Waals surface area contributed by atoms with Crippen molar-refractivity contribution in [2.24, 2.45) is 0 Å². The Balaban J connectivity index is 2.27. The number of aryl methyl sites for hydroxylation is 1. The topological polar surface area (TPSA) is 95.2 Å². The van der Waals surface area contributed by atoms with E-state index in [0.29, 0.717) is 5.03 Å². The van der Waals surface area contributed by atoms with Crippen LogP contribution < -0.4 is 5.73 Å². The average molecular weight is 251 g/mol. The lowest BCUT2D eigenvalue weighted by Crippen LogP contribution is -1.98. The van der Waals surface area contributed by atoms with Gasteiger partial charge in [-0.3, -0.25) is 10.1 Å². The number of hydrogen-bond donors (Lipinski definition) is 1. The highest BCUT2D eigenvalue weighted by Crippen LogP contribution is 2.31. The molecule has 0 aliphatic rings. The first-order valence-electron chi connectivity index (χ1n) is 4.71. The van der Waals surface area contributed by atoms with E-state index in [1.807, 2.05) is 6.92 Å². The second-order valence-corrected chi connectivity index (χ2v) is 4.32. The van der Waals surface area contributed by atoms with Gasteiger partial charge in [-0.05, 0) is 19.1 Å². The Morgan fingerprint density at radius 2 is 2.24 bits per heavy atom. The summed E-state index contributed by atoms with van der Waals surface area (Å²) in [6.07, 6.45) is 1.58. The molecule has 0 aliphatic carbocycles. The number of nitrogens with zero attached hydrogens (tertiary/aromatic N) is 2. The molecule has 2 heterocycles. The smallest absolute Gasteiger partial charge is 0.311 e. The highest BCUT2D eigenvalue weighted by Gasteiger charge is 2.14. The molecule has 2 N–H and O–H groups in total. The van der Waals surface area contributed by atoms with Crippen LogP contribution in [0.3, 0.4) is 0 Å². The molecule has 2 rings (SSSR count). The van der Waals surface area contributed by atoms with Crippen LogP contribution in [-0.4, -0.2) is 9.91 Å². The Morgan fingerprint density at radius 1 is 1.47 bits per heavy atom. The molecule has 0 unspecified atom stereocenters. The van der Waals surface area contributed by atoms with Crippen LogP contribution in [0, 0.1) is 17.0 Å². The normalized spacial score (nSPS) is 10.4. The molecule has 0 aliphatic heterocycles. The van der Waals surface area contributed by atoms with Gasteiger partial charge in [-0.15, -0.1) is 0 Å². The first-order chi connectivity index (χ1) is 8.08. The molecule has 17 heavy (non-hydrogen) atoms. The van der Waals surface area contributed by atoms with Gasteiger partial charge < -0.3 is 10.2 Å². The molecule has 88 valence electrons. The van der Waals surface area contributed by atoms with Crippen LogP contribution in [0.4, 0.5) is 11.5 Å². The number of nitrogen functional groups attached to an aromatic ring is 1. The molecule has 0 amide bonds. The van der Waals surface area contributed by atoms with Crippen molar-refractivity contribution in [2.45, 2.75) is 16.8 Å². The van der Waals surface area contributed by atoms with Crippen molar-refractivity contribution in [3.05, 3.63) is 40.3 Å². The molecule has 0 radical (unpaired) electrons. The zero-order chi connectivity index (χ0) is 12.4. The van der Waals surface area contributed by atoms with Gasteiger partial charge in [-0.25, -0.2) is 4.98 Å². The highest BCUT2D eigenvalue weighted by atomic mass is 32.2. The standard InChI is InChI=1S/C10H9N3O3S/c1-6-8(4-5-16-6)17-9-3-2-7(13(14)15)10(11)12-9/h2-5H,1H3,(H2,11,12). The van der Waals surface area contributed by atoms with E-state index in [1.165, 1.54) is 17.8 Å². The maximum Gasteiger partial charge on any atom is 0.311 e. The summed E-state index contributed by atoms with van der Waals surface area (Å²) in [7, 11) is 0. The zero-order valence-corrected chi connectivity index (χ0v) is 9.73. The number of nitro groups is 1. The predicted octanol–water partition coefficient (Wildman–Crippen LogP) is 2.62. The fourth-order valence-electron chi connectivity index (χ4n) is 1.25. The summed E-state index contributed by atoms with van der Waals surface area (Å²) in [6.45, 7) is 1.83. The van der Waals surface area contributed by atoms with Crippen molar-refractivity contribution < 1.29 is 9.34 Å². The summed E-state index contributed by atoms with van der Waals surface area (Å²) < 4.78 is 5.14. The number of anilines is 1. The van der Waals surface area contributed by atoms with Crippen molar-refractivity contribution in [3.63, 3.8) is 0 Å². The van der Waals surface area contributed by atoms with Crippen molar-refractivity contribution >= 4 is 23.3 Å². The molecule has 0 saturated heterocycles. The molecule has 0 bridgehead atoms. The molecule has 0 fully saturated rings. The lowest BCUT2D eigenvalue weighted by atomic mass is 10.4. The quantitative estimate of drug-likeness (QED) is 0.665. The number of aromatic nitrogens is 1. The summed E-state index contributed by atoms with van der Waals surface area (Å²) >= 11 is 1.35. The van der Waals surface area contributed by atoms with Crippen LogP contribution in [0.5, 0.6) is 0 Å². The number of rotatable bonds is 3. The van der Waals surface area contributed by atoms with Gasteiger partial charge in [0.05, 0.1) is 16.1 Å². The van der Waals surface area contributed by atoms with Gasteiger partial charge in [0, 0.05) is 6.07 Å². The number of pyridine rings is 1. The van der Waals surface area contributed by atoms with Gasteiger partial charge in [0.25, 0.3) is 0 Å². The Hall–Kier alpha value is -2.02. The van der Waals surface area contributed by atoms with Crippen LogP contribution in [0.25, 0.3) is 0 Å². The van der Waals surface area contributed by atoms with Crippen molar-refractivity contribution in [1.82, 2.24) is 4.98 Å². The Morgan fingerprint density at radius 3 is 2.76 bits per heavy atom. The molecule has 2 aromatic rings. The SMILES string of the molecule is Cc1occc1Sc1ccc([N+](=O)[O-])c(N)n1. The summed E-state index contributed by atoms with van der Waals surface area (Å²) in [5.41, 5.74) is 5.32. The van der Waals surface area contributed by atoms with E-state index < -0.39 is 4.92 Å². The van der Waals surface area contributed by atoms with Crippen LogP contribution in [0.1, 0.15) is 5.76 Å². The Bertz CT molecular complexity index is 568. The fraction of sp³-hybridized carbons (Fsp3) is 0.100. The lowest BCUT2D eigenvalue weighted by Gasteiger charge is -2.01. The average Bonchev–Trinajstić information content (AvgIpc) is 2.64.